The zero-order valence-electron chi connectivity index (χ0n) is 14.1. The molecule has 1 amide bonds. The third-order valence-corrected chi connectivity index (χ3v) is 6.02. The van der Waals surface area contributed by atoms with E-state index < -0.39 is 0 Å². The predicted molar refractivity (Wildman–Crippen MR) is 94.6 cm³/mol. The van der Waals surface area contributed by atoms with Gasteiger partial charge in [0.25, 0.3) is 0 Å². The average molecular weight is 351 g/mol. The fourth-order valence-corrected chi connectivity index (χ4v) is 4.75. The standard InChI is InChI=1S/C17H25N3O3S/c1-23-17(22)15-12-4-2-3-5-13(12)24-16(15)19-14(21)10-20-8-6-11(18)7-9-20/h11H,2-10,18H2,1H3,(H,19,21). The van der Waals surface area contributed by atoms with Gasteiger partial charge >= 0.3 is 5.97 Å². The monoisotopic (exact) mass is 351 g/mol. The Labute approximate surface area is 146 Å². The molecule has 1 aromatic rings. The van der Waals surface area contributed by atoms with Gasteiger partial charge in [0.2, 0.25) is 5.91 Å². The van der Waals surface area contributed by atoms with Crippen molar-refractivity contribution in [1.82, 2.24) is 4.90 Å². The lowest BCUT2D eigenvalue weighted by Gasteiger charge is -2.29. The Balaban J connectivity index is 1.71. The van der Waals surface area contributed by atoms with E-state index >= 15 is 0 Å². The van der Waals surface area contributed by atoms with Gasteiger partial charge in [0.05, 0.1) is 19.2 Å². The Morgan fingerprint density at radius 2 is 2.00 bits per heavy atom. The van der Waals surface area contributed by atoms with Gasteiger partial charge in [0.15, 0.2) is 0 Å². The summed E-state index contributed by atoms with van der Waals surface area (Å²) in [5.74, 6) is -0.428. The smallest absolute Gasteiger partial charge is 0.341 e. The number of hydrogen-bond donors (Lipinski definition) is 2. The van der Waals surface area contributed by atoms with Gasteiger partial charge in [-0.15, -0.1) is 11.3 Å². The molecule has 0 radical (unpaired) electrons. The summed E-state index contributed by atoms with van der Waals surface area (Å²) in [5.41, 5.74) is 7.53. The number of methoxy groups -OCH3 is 1. The summed E-state index contributed by atoms with van der Waals surface area (Å²) >= 11 is 1.53. The van der Waals surface area contributed by atoms with Crippen LogP contribution in [0.5, 0.6) is 0 Å². The number of piperidine rings is 1. The van der Waals surface area contributed by atoms with Crippen LogP contribution in [0.4, 0.5) is 5.00 Å². The normalized spacial score (nSPS) is 18.9. The SMILES string of the molecule is COC(=O)c1c(NC(=O)CN2CCC(N)CC2)sc2c1CCCC2. The second-order valence-electron chi connectivity index (χ2n) is 6.57. The summed E-state index contributed by atoms with van der Waals surface area (Å²) in [6, 6.07) is 0.249. The van der Waals surface area contributed by atoms with Crippen molar-refractivity contribution in [2.24, 2.45) is 5.73 Å². The van der Waals surface area contributed by atoms with Gasteiger partial charge in [-0.1, -0.05) is 0 Å². The maximum absolute atomic E-state index is 12.4. The van der Waals surface area contributed by atoms with Gasteiger partial charge in [0.1, 0.15) is 5.00 Å². The van der Waals surface area contributed by atoms with Gasteiger partial charge in [0, 0.05) is 24.0 Å². The number of anilines is 1. The number of aryl methyl sites for hydroxylation is 1. The quantitative estimate of drug-likeness (QED) is 0.808. The highest BCUT2D eigenvalue weighted by atomic mass is 32.1. The highest BCUT2D eigenvalue weighted by Crippen LogP contribution is 2.38. The minimum atomic E-state index is -0.353. The summed E-state index contributed by atoms with van der Waals surface area (Å²) in [6.45, 7) is 2.04. The van der Waals surface area contributed by atoms with E-state index in [4.69, 9.17) is 10.5 Å². The van der Waals surface area contributed by atoms with E-state index in [-0.39, 0.29) is 17.9 Å². The molecular formula is C17H25N3O3S. The first-order valence-corrected chi connectivity index (χ1v) is 9.40. The molecule has 1 aromatic heterocycles. The minimum Gasteiger partial charge on any atom is -0.465 e. The lowest BCUT2D eigenvalue weighted by Crippen LogP contribution is -2.43. The van der Waals surface area contributed by atoms with Crippen LogP contribution in [0, 0.1) is 0 Å². The molecule has 24 heavy (non-hydrogen) atoms. The van der Waals surface area contributed by atoms with Gasteiger partial charge in [-0.3, -0.25) is 9.69 Å². The van der Waals surface area contributed by atoms with Gasteiger partial charge in [-0.25, -0.2) is 4.79 Å². The van der Waals surface area contributed by atoms with Gasteiger partial charge in [-0.05, 0) is 44.1 Å². The first-order valence-electron chi connectivity index (χ1n) is 8.59. The molecule has 1 aliphatic heterocycles. The number of nitrogens with zero attached hydrogens (tertiary/aromatic N) is 1. The van der Waals surface area contributed by atoms with Crippen LogP contribution in [-0.2, 0) is 22.4 Å². The highest BCUT2D eigenvalue weighted by Gasteiger charge is 2.27. The van der Waals surface area contributed by atoms with Crippen LogP contribution in [0.25, 0.3) is 0 Å². The van der Waals surface area contributed by atoms with Crippen LogP contribution in [0.2, 0.25) is 0 Å². The number of carbonyl (C=O) groups excluding carboxylic acids is 2. The second kappa shape index (κ2) is 7.63. The number of nitrogens with one attached hydrogen (secondary N) is 1. The van der Waals surface area contributed by atoms with Crippen molar-refractivity contribution in [3.8, 4) is 0 Å². The molecule has 2 heterocycles. The summed E-state index contributed by atoms with van der Waals surface area (Å²) in [4.78, 5) is 27.9. The maximum atomic E-state index is 12.4. The second-order valence-corrected chi connectivity index (χ2v) is 7.67. The molecule has 2 aliphatic rings. The number of hydrogen-bond acceptors (Lipinski definition) is 6. The molecule has 0 atom stereocenters. The highest BCUT2D eigenvalue weighted by molar-refractivity contribution is 7.17. The minimum absolute atomic E-state index is 0.0748. The molecule has 3 rings (SSSR count). The van der Waals surface area contributed by atoms with E-state index in [1.807, 2.05) is 0 Å². The lowest BCUT2D eigenvalue weighted by molar-refractivity contribution is -0.117. The van der Waals surface area contributed by atoms with E-state index in [2.05, 4.69) is 10.2 Å². The van der Waals surface area contributed by atoms with Gasteiger partial charge < -0.3 is 15.8 Å². The fourth-order valence-electron chi connectivity index (χ4n) is 3.45. The van der Waals surface area contributed by atoms with Crippen LogP contribution in [0.3, 0.4) is 0 Å². The fraction of sp³-hybridized carbons (Fsp3) is 0.647. The number of rotatable bonds is 4. The van der Waals surface area contributed by atoms with Crippen molar-refractivity contribution in [2.45, 2.75) is 44.6 Å². The van der Waals surface area contributed by atoms with Crippen molar-refractivity contribution in [2.75, 3.05) is 32.1 Å². The van der Waals surface area contributed by atoms with E-state index in [1.54, 1.807) is 0 Å². The number of carbonyl (C=O) groups is 2. The number of likely N-dealkylation sites (tertiary alicyclic amines) is 1. The number of nitrogens with two attached hydrogens (primary N) is 1. The average Bonchev–Trinajstić information content (AvgIpc) is 2.94. The lowest BCUT2D eigenvalue weighted by atomic mass is 9.95. The number of amides is 1. The zero-order chi connectivity index (χ0) is 17.1. The Morgan fingerprint density at radius 1 is 1.29 bits per heavy atom. The van der Waals surface area contributed by atoms with Crippen LogP contribution < -0.4 is 11.1 Å². The van der Waals surface area contributed by atoms with Crippen molar-refractivity contribution in [3.05, 3.63) is 16.0 Å². The van der Waals surface area contributed by atoms with Crippen LogP contribution in [0.15, 0.2) is 0 Å². The van der Waals surface area contributed by atoms with Crippen molar-refractivity contribution >= 4 is 28.2 Å². The van der Waals surface area contributed by atoms with Crippen LogP contribution >= 0.6 is 11.3 Å². The summed E-state index contributed by atoms with van der Waals surface area (Å²) in [6.07, 6.45) is 5.92. The zero-order valence-corrected chi connectivity index (χ0v) is 14.9. The topological polar surface area (TPSA) is 84.7 Å². The molecule has 1 aliphatic carbocycles. The molecule has 0 spiro atoms. The largest absolute Gasteiger partial charge is 0.465 e. The van der Waals surface area contributed by atoms with E-state index in [0.717, 1.165) is 57.2 Å². The van der Waals surface area contributed by atoms with Crippen molar-refractivity contribution in [1.29, 1.82) is 0 Å². The molecule has 7 heteroatoms. The molecule has 1 fully saturated rings. The third kappa shape index (κ3) is 3.79. The molecule has 132 valence electrons. The molecular weight excluding hydrogens is 326 g/mol. The Hall–Kier alpha value is -1.44. The molecule has 3 N–H and O–H groups in total. The van der Waals surface area contributed by atoms with Gasteiger partial charge in [-0.2, -0.15) is 0 Å². The Morgan fingerprint density at radius 3 is 2.71 bits per heavy atom. The van der Waals surface area contributed by atoms with Crippen LogP contribution in [-0.4, -0.2) is 49.6 Å². The third-order valence-electron chi connectivity index (χ3n) is 4.81. The van der Waals surface area contributed by atoms with Crippen molar-refractivity contribution < 1.29 is 14.3 Å². The summed E-state index contributed by atoms with van der Waals surface area (Å²) in [5, 5.41) is 3.59. The van der Waals surface area contributed by atoms with E-state index in [0.29, 0.717) is 17.1 Å². The van der Waals surface area contributed by atoms with E-state index in [9.17, 15) is 9.59 Å². The van der Waals surface area contributed by atoms with E-state index in [1.165, 1.54) is 23.3 Å². The van der Waals surface area contributed by atoms with Crippen LogP contribution in [0.1, 0.15) is 46.5 Å². The Kier molecular flexibility index (Phi) is 5.53. The molecule has 6 nitrogen and oxygen atoms in total. The number of thiophene rings is 1. The molecule has 1 saturated heterocycles. The molecule has 0 aromatic carbocycles. The molecule has 0 bridgehead atoms. The molecule has 0 saturated carbocycles. The van der Waals surface area contributed by atoms with Crippen molar-refractivity contribution in [3.63, 3.8) is 0 Å². The first kappa shape index (κ1) is 17.4. The molecule has 0 unspecified atom stereocenters. The maximum Gasteiger partial charge on any atom is 0.341 e. The Bertz CT molecular complexity index is 621. The number of esters is 1. The summed E-state index contributed by atoms with van der Waals surface area (Å²) < 4.78 is 4.94. The first-order chi connectivity index (χ1) is 11.6. The number of fused-ring (bicyclic) bond motifs is 1. The number of ether oxygens (including phenoxy) is 1. The predicted octanol–water partition coefficient (Wildman–Crippen LogP) is 1.78. The summed E-state index contributed by atoms with van der Waals surface area (Å²) in [7, 11) is 1.39.